The van der Waals surface area contributed by atoms with Crippen molar-refractivity contribution < 1.29 is 14.3 Å². The molecule has 0 unspecified atom stereocenters. The predicted octanol–water partition coefficient (Wildman–Crippen LogP) is 3.99. The van der Waals surface area contributed by atoms with Gasteiger partial charge in [-0.2, -0.15) is 0 Å². The largest absolute Gasteiger partial charge is 0.463 e. The topological polar surface area (TPSA) is 48.3 Å². The van der Waals surface area contributed by atoms with Crippen LogP contribution >= 0.6 is 0 Å². The number of carbonyl (C=O) groups is 2. The van der Waals surface area contributed by atoms with Crippen LogP contribution in [0.5, 0.6) is 0 Å². The number of nitrogens with zero attached hydrogens (tertiary/aromatic N) is 1. The molecule has 1 aromatic rings. The summed E-state index contributed by atoms with van der Waals surface area (Å²) in [5.41, 5.74) is 3.59. The highest BCUT2D eigenvalue weighted by atomic mass is 16.5. The molecule has 0 amide bonds. The maximum atomic E-state index is 12.2. The van der Waals surface area contributed by atoms with Crippen molar-refractivity contribution in [1.82, 2.24) is 4.57 Å². The van der Waals surface area contributed by atoms with Crippen molar-refractivity contribution in [1.29, 1.82) is 0 Å². The number of ketones is 1. The minimum atomic E-state index is -0.215. The first-order valence-corrected chi connectivity index (χ1v) is 8.25. The van der Waals surface area contributed by atoms with Crippen LogP contribution in [0.2, 0.25) is 0 Å². The quantitative estimate of drug-likeness (QED) is 0.589. The Kier molecular flexibility index (Phi) is 5.58. The summed E-state index contributed by atoms with van der Waals surface area (Å²) in [7, 11) is 0. The Morgan fingerprint density at radius 2 is 1.86 bits per heavy atom. The van der Waals surface area contributed by atoms with E-state index in [1.54, 1.807) is 0 Å². The van der Waals surface area contributed by atoms with E-state index in [1.165, 1.54) is 0 Å². The Labute approximate surface area is 132 Å². The maximum Gasteiger partial charge on any atom is 0.335 e. The molecule has 0 N–H and O–H groups in total. The molecule has 0 bridgehead atoms. The number of aromatic nitrogens is 1. The zero-order chi connectivity index (χ0) is 16.1. The predicted molar refractivity (Wildman–Crippen MR) is 86.7 cm³/mol. The second kappa shape index (κ2) is 7.43. The van der Waals surface area contributed by atoms with Crippen molar-refractivity contribution in [2.24, 2.45) is 0 Å². The number of hydrogen-bond acceptors (Lipinski definition) is 3. The van der Waals surface area contributed by atoms with Crippen LogP contribution in [0.4, 0.5) is 0 Å². The molecule has 120 valence electrons. The normalized spacial score (nSPS) is 15.0. The molecule has 1 heterocycles. The van der Waals surface area contributed by atoms with Gasteiger partial charge in [-0.05, 0) is 44.6 Å². The van der Waals surface area contributed by atoms with Gasteiger partial charge in [0, 0.05) is 30.1 Å². The van der Waals surface area contributed by atoms with E-state index in [9.17, 15) is 9.59 Å². The van der Waals surface area contributed by atoms with Gasteiger partial charge in [0.2, 0.25) is 0 Å². The molecule has 0 atom stereocenters. The van der Waals surface area contributed by atoms with Gasteiger partial charge in [-0.15, -0.1) is 0 Å². The summed E-state index contributed by atoms with van der Waals surface area (Å²) >= 11 is 0. The summed E-state index contributed by atoms with van der Waals surface area (Å²) in [5.74, 6) is -0.0583. The van der Waals surface area contributed by atoms with Crippen molar-refractivity contribution in [3.05, 3.63) is 29.1 Å². The molecule has 0 aliphatic heterocycles. The summed E-state index contributed by atoms with van der Waals surface area (Å²) in [6.45, 7) is 6.14. The average molecular weight is 303 g/mol. The molecular weight excluding hydrogens is 278 g/mol. The fourth-order valence-electron chi connectivity index (χ4n) is 2.99. The Bertz CT molecular complexity index is 595. The summed E-state index contributed by atoms with van der Waals surface area (Å²) in [4.78, 5) is 24.3. The standard InChI is InChI=1S/C18H25NO3/c1-4-13-11-19(12-15(13)17(20)5-2)16-10-8-7-9-14(16)18(21)22-6-3/h11-12H,4-10H2,1-3H3. The van der Waals surface area contributed by atoms with Gasteiger partial charge in [0.1, 0.15) is 0 Å². The molecule has 1 aliphatic rings. The van der Waals surface area contributed by atoms with Crippen molar-refractivity contribution in [3.63, 3.8) is 0 Å². The molecule has 1 aliphatic carbocycles. The number of esters is 1. The number of hydrogen-bond donors (Lipinski definition) is 0. The lowest BCUT2D eigenvalue weighted by Crippen LogP contribution is -2.15. The first-order valence-electron chi connectivity index (χ1n) is 8.25. The van der Waals surface area contributed by atoms with Gasteiger partial charge in [-0.3, -0.25) is 4.79 Å². The molecule has 0 saturated carbocycles. The third-order valence-corrected chi connectivity index (χ3v) is 4.18. The molecule has 4 nitrogen and oxygen atoms in total. The molecule has 1 aromatic heterocycles. The van der Waals surface area contributed by atoms with Gasteiger partial charge in [0.15, 0.2) is 5.78 Å². The van der Waals surface area contributed by atoms with Crippen LogP contribution in [0.15, 0.2) is 18.0 Å². The van der Waals surface area contributed by atoms with Gasteiger partial charge < -0.3 is 9.30 Å². The zero-order valence-corrected chi connectivity index (χ0v) is 13.8. The molecule has 0 aromatic carbocycles. The second-order valence-electron chi connectivity index (χ2n) is 5.59. The Balaban J connectivity index is 2.45. The molecule has 0 radical (unpaired) electrons. The monoisotopic (exact) mass is 303 g/mol. The summed E-state index contributed by atoms with van der Waals surface area (Å²) in [5, 5.41) is 0. The Hall–Kier alpha value is -1.84. The van der Waals surface area contributed by atoms with Gasteiger partial charge in [-0.1, -0.05) is 13.8 Å². The number of ether oxygens (including phenoxy) is 1. The molecule has 0 spiro atoms. The molecule has 0 saturated heterocycles. The van der Waals surface area contributed by atoms with Crippen LogP contribution in [0.25, 0.3) is 5.70 Å². The van der Waals surface area contributed by atoms with E-state index < -0.39 is 0 Å². The van der Waals surface area contributed by atoms with Crippen LogP contribution in [0.3, 0.4) is 0 Å². The average Bonchev–Trinajstić information content (AvgIpc) is 2.98. The lowest BCUT2D eigenvalue weighted by Gasteiger charge is -2.20. The Morgan fingerprint density at radius 3 is 2.50 bits per heavy atom. The van der Waals surface area contributed by atoms with Crippen LogP contribution in [-0.4, -0.2) is 22.9 Å². The number of Topliss-reactive ketones (excluding diaryl/α,β-unsaturated/α-hetero) is 1. The highest BCUT2D eigenvalue weighted by Crippen LogP contribution is 2.30. The number of aryl methyl sites for hydroxylation is 1. The smallest absolute Gasteiger partial charge is 0.335 e. The van der Waals surface area contributed by atoms with Crippen LogP contribution in [0.1, 0.15) is 68.8 Å². The minimum absolute atomic E-state index is 0.157. The van der Waals surface area contributed by atoms with E-state index in [0.717, 1.165) is 54.5 Å². The van der Waals surface area contributed by atoms with E-state index >= 15 is 0 Å². The second-order valence-corrected chi connectivity index (χ2v) is 5.59. The molecule has 4 heteroatoms. The lowest BCUT2D eigenvalue weighted by atomic mass is 9.96. The lowest BCUT2D eigenvalue weighted by molar-refractivity contribution is -0.138. The highest BCUT2D eigenvalue weighted by molar-refractivity contribution is 5.98. The van der Waals surface area contributed by atoms with Crippen LogP contribution < -0.4 is 0 Å². The van der Waals surface area contributed by atoms with Crippen molar-refractivity contribution in [2.75, 3.05) is 6.61 Å². The summed E-state index contributed by atoms with van der Waals surface area (Å²) in [6, 6.07) is 0. The fourth-order valence-corrected chi connectivity index (χ4v) is 2.99. The van der Waals surface area contributed by atoms with Crippen molar-refractivity contribution >= 4 is 17.4 Å². The SMILES string of the molecule is CCOC(=O)C1=C(n2cc(CC)c(C(=O)CC)c2)CCCC1. The van der Waals surface area contributed by atoms with E-state index in [2.05, 4.69) is 0 Å². The number of allylic oxidation sites excluding steroid dienone is 1. The van der Waals surface area contributed by atoms with Crippen molar-refractivity contribution in [3.8, 4) is 0 Å². The van der Waals surface area contributed by atoms with E-state index in [4.69, 9.17) is 4.74 Å². The summed E-state index contributed by atoms with van der Waals surface area (Å²) < 4.78 is 7.17. The van der Waals surface area contributed by atoms with Crippen LogP contribution in [-0.2, 0) is 16.0 Å². The van der Waals surface area contributed by atoms with Gasteiger partial charge >= 0.3 is 5.97 Å². The number of carbonyl (C=O) groups excluding carboxylic acids is 2. The first kappa shape index (κ1) is 16.5. The molecule has 2 rings (SSSR count). The number of rotatable bonds is 6. The third kappa shape index (κ3) is 3.32. The first-order chi connectivity index (χ1) is 10.6. The molecule has 22 heavy (non-hydrogen) atoms. The van der Waals surface area contributed by atoms with E-state index in [1.807, 2.05) is 37.7 Å². The van der Waals surface area contributed by atoms with Gasteiger partial charge in [-0.25, -0.2) is 4.79 Å². The maximum absolute atomic E-state index is 12.2. The fraction of sp³-hybridized carbons (Fsp3) is 0.556. The summed E-state index contributed by atoms with van der Waals surface area (Å²) in [6.07, 6.45) is 8.90. The van der Waals surface area contributed by atoms with Crippen LogP contribution in [0, 0.1) is 0 Å². The highest BCUT2D eigenvalue weighted by Gasteiger charge is 2.23. The zero-order valence-electron chi connectivity index (χ0n) is 13.8. The molecule has 0 fully saturated rings. The Morgan fingerprint density at radius 1 is 1.14 bits per heavy atom. The minimum Gasteiger partial charge on any atom is -0.463 e. The third-order valence-electron chi connectivity index (χ3n) is 4.18. The van der Waals surface area contributed by atoms with Gasteiger partial charge in [0.25, 0.3) is 0 Å². The van der Waals surface area contributed by atoms with Gasteiger partial charge in [0.05, 0.1) is 12.2 Å². The van der Waals surface area contributed by atoms with E-state index in [-0.39, 0.29) is 11.8 Å². The van der Waals surface area contributed by atoms with E-state index in [0.29, 0.717) is 13.0 Å². The van der Waals surface area contributed by atoms with Crippen molar-refractivity contribution in [2.45, 2.75) is 59.3 Å². The molecular formula is C18H25NO3.